The maximum absolute atomic E-state index is 11.9. The van der Waals surface area contributed by atoms with Crippen LogP contribution in [-0.2, 0) is 0 Å². The highest BCUT2D eigenvalue weighted by molar-refractivity contribution is 7.07. The summed E-state index contributed by atoms with van der Waals surface area (Å²) in [4.78, 5) is 14.5. The number of carbonyl (C=O) groups excluding carboxylic acids is 1. The van der Waals surface area contributed by atoms with Crippen LogP contribution in [0.25, 0.3) is 0 Å². The summed E-state index contributed by atoms with van der Waals surface area (Å²) in [7, 11) is 0. The molecule has 76 valence electrons. The van der Waals surface area contributed by atoms with Gasteiger partial charge in [-0.1, -0.05) is 4.49 Å². The number of aromatic nitrogens is 2. The number of nitrogens with zero attached hydrogens (tertiary/aromatic N) is 3. The van der Waals surface area contributed by atoms with Gasteiger partial charge in [-0.3, -0.25) is 4.79 Å². The van der Waals surface area contributed by atoms with Crippen molar-refractivity contribution in [3.05, 3.63) is 10.6 Å². The molecule has 5 heteroatoms. The quantitative estimate of drug-likeness (QED) is 0.706. The molecule has 4 nitrogen and oxygen atoms in total. The standard InChI is InChI=1S/C9H13N3OS/c1-7-8(14-11-10-7)9(13)12-5-3-2-4-6-12/h2-6H2,1H3. The van der Waals surface area contributed by atoms with E-state index in [2.05, 4.69) is 9.59 Å². The Bertz CT molecular complexity index is 331. The minimum absolute atomic E-state index is 0.109. The fourth-order valence-electron chi connectivity index (χ4n) is 1.67. The smallest absolute Gasteiger partial charge is 0.267 e. The molecule has 0 aliphatic carbocycles. The van der Waals surface area contributed by atoms with Crippen molar-refractivity contribution < 1.29 is 4.79 Å². The Morgan fingerprint density at radius 1 is 1.36 bits per heavy atom. The second-order valence-corrected chi connectivity index (χ2v) is 4.29. The number of amides is 1. The van der Waals surface area contributed by atoms with Crippen LogP contribution in [-0.4, -0.2) is 33.5 Å². The van der Waals surface area contributed by atoms with Crippen molar-refractivity contribution in [1.82, 2.24) is 14.5 Å². The van der Waals surface area contributed by atoms with Crippen LogP contribution < -0.4 is 0 Å². The Labute approximate surface area is 87.1 Å². The highest BCUT2D eigenvalue weighted by Gasteiger charge is 2.21. The van der Waals surface area contributed by atoms with Gasteiger partial charge in [-0.05, 0) is 37.7 Å². The van der Waals surface area contributed by atoms with Crippen molar-refractivity contribution in [2.75, 3.05) is 13.1 Å². The number of hydrogen-bond donors (Lipinski definition) is 0. The molecule has 0 N–H and O–H groups in total. The first-order valence-electron chi connectivity index (χ1n) is 4.87. The lowest BCUT2D eigenvalue weighted by molar-refractivity contribution is 0.0728. The number of aryl methyl sites for hydroxylation is 1. The molecular formula is C9H13N3OS. The summed E-state index contributed by atoms with van der Waals surface area (Å²) in [6.45, 7) is 3.60. The number of piperidine rings is 1. The summed E-state index contributed by atoms with van der Waals surface area (Å²) in [6, 6.07) is 0. The topological polar surface area (TPSA) is 46.1 Å². The van der Waals surface area contributed by atoms with Crippen LogP contribution in [0, 0.1) is 6.92 Å². The fraction of sp³-hybridized carbons (Fsp3) is 0.667. The maximum atomic E-state index is 11.9. The van der Waals surface area contributed by atoms with Gasteiger partial charge in [0.25, 0.3) is 5.91 Å². The van der Waals surface area contributed by atoms with Crippen molar-refractivity contribution in [3.63, 3.8) is 0 Å². The van der Waals surface area contributed by atoms with Crippen LogP contribution in [0.4, 0.5) is 0 Å². The minimum Gasteiger partial charge on any atom is -0.338 e. The third-order valence-electron chi connectivity index (χ3n) is 2.49. The lowest BCUT2D eigenvalue weighted by atomic mass is 10.1. The van der Waals surface area contributed by atoms with Gasteiger partial charge in [0.05, 0.1) is 5.69 Å². The van der Waals surface area contributed by atoms with Gasteiger partial charge in [-0.25, -0.2) is 0 Å². The largest absolute Gasteiger partial charge is 0.338 e. The lowest BCUT2D eigenvalue weighted by Crippen LogP contribution is -2.35. The monoisotopic (exact) mass is 211 g/mol. The Kier molecular flexibility index (Phi) is 2.77. The van der Waals surface area contributed by atoms with Gasteiger partial charge in [0.1, 0.15) is 4.88 Å². The van der Waals surface area contributed by atoms with Crippen molar-refractivity contribution in [2.45, 2.75) is 26.2 Å². The van der Waals surface area contributed by atoms with E-state index in [1.54, 1.807) is 0 Å². The molecule has 14 heavy (non-hydrogen) atoms. The van der Waals surface area contributed by atoms with Crippen LogP contribution in [0.2, 0.25) is 0 Å². The predicted octanol–water partition coefficient (Wildman–Crippen LogP) is 1.47. The fourth-order valence-corrected chi connectivity index (χ4v) is 2.29. The van der Waals surface area contributed by atoms with Crippen molar-refractivity contribution in [3.8, 4) is 0 Å². The molecule has 1 aliphatic rings. The summed E-state index contributed by atoms with van der Waals surface area (Å²) in [5.41, 5.74) is 0.755. The second-order valence-electron chi connectivity index (χ2n) is 3.54. The minimum atomic E-state index is 0.109. The van der Waals surface area contributed by atoms with Gasteiger partial charge in [0, 0.05) is 13.1 Å². The molecule has 1 aromatic rings. The van der Waals surface area contributed by atoms with E-state index in [0.717, 1.165) is 31.6 Å². The molecule has 0 radical (unpaired) electrons. The summed E-state index contributed by atoms with van der Waals surface area (Å²) in [5.74, 6) is 0.109. The van der Waals surface area contributed by atoms with Gasteiger partial charge in [0.2, 0.25) is 0 Å². The van der Waals surface area contributed by atoms with Gasteiger partial charge < -0.3 is 4.90 Å². The van der Waals surface area contributed by atoms with E-state index in [1.807, 2.05) is 11.8 Å². The van der Waals surface area contributed by atoms with Crippen molar-refractivity contribution >= 4 is 17.4 Å². The molecule has 0 aromatic carbocycles. The Morgan fingerprint density at radius 3 is 2.64 bits per heavy atom. The zero-order valence-electron chi connectivity index (χ0n) is 8.19. The molecule has 1 aromatic heterocycles. The van der Waals surface area contributed by atoms with Gasteiger partial charge in [-0.2, -0.15) is 0 Å². The van der Waals surface area contributed by atoms with E-state index < -0.39 is 0 Å². The SMILES string of the molecule is Cc1nnsc1C(=O)N1CCCCC1. The normalized spacial score (nSPS) is 17.1. The Hall–Kier alpha value is -0.970. The molecule has 1 saturated heterocycles. The number of likely N-dealkylation sites (tertiary alicyclic amines) is 1. The average Bonchev–Trinajstić information content (AvgIpc) is 2.65. The molecule has 0 unspecified atom stereocenters. The summed E-state index contributed by atoms with van der Waals surface area (Å²) in [5, 5.41) is 3.85. The highest BCUT2D eigenvalue weighted by atomic mass is 32.1. The molecule has 2 heterocycles. The molecule has 1 fully saturated rings. The van der Waals surface area contributed by atoms with E-state index in [0.29, 0.717) is 4.88 Å². The van der Waals surface area contributed by atoms with Gasteiger partial charge >= 0.3 is 0 Å². The molecule has 1 amide bonds. The summed E-state index contributed by atoms with van der Waals surface area (Å²) < 4.78 is 3.78. The van der Waals surface area contributed by atoms with E-state index in [9.17, 15) is 4.79 Å². The Balaban J connectivity index is 2.11. The summed E-state index contributed by atoms with van der Waals surface area (Å²) in [6.07, 6.45) is 3.48. The predicted molar refractivity (Wildman–Crippen MR) is 54.4 cm³/mol. The van der Waals surface area contributed by atoms with Gasteiger partial charge in [-0.15, -0.1) is 5.10 Å². The van der Waals surface area contributed by atoms with Crippen LogP contribution >= 0.6 is 11.5 Å². The third kappa shape index (κ3) is 1.77. The van der Waals surface area contributed by atoms with Crippen molar-refractivity contribution in [2.24, 2.45) is 0 Å². The molecule has 1 aliphatic heterocycles. The number of rotatable bonds is 1. The zero-order valence-corrected chi connectivity index (χ0v) is 9.01. The molecular weight excluding hydrogens is 198 g/mol. The van der Waals surface area contributed by atoms with E-state index >= 15 is 0 Å². The lowest BCUT2D eigenvalue weighted by Gasteiger charge is -2.25. The molecule has 0 bridgehead atoms. The molecule has 0 saturated carbocycles. The first kappa shape index (κ1) is 9.58. The first-order valence-corrected chi connectivity index (χ1v) is 5.64. The van der Waals surface area contributed by atoms with E-state index in [1.165, 1.54) is 18.0 Å². The highest BCUT2D eigenvalue weighted by Crippen LogP contribution is 2.16. The zero-order chi connectivity index (χ0) is 9.97. The van der Waals surface area contributed by atoms with Crippen LogP contribution in [0.5, 0.6) is 0 Å². The first-order chi connectivity index (χ1) is 6.79. The molecule has 0 atom stereocenters. The molecule has 2 rings (SSSR count). The van der Waals surface area contributed by atoms with E-state index in [-0.39, 0.29) is 5.91 Å². The van der Waals surface area contributed by atoms with Crippen LogP contribution in [0.15, 0.2) is 0 Å². The van der Waals surface area contributed by atoms with E-state index in [4.69, 9.17) is 0 Å². The van der Waals surface area contributed by atoms with Crippen LogP contribution in [0.1, 0.15) is 34.6 Å². The van der Waals surface area contributed by atoms with Crippen molar-refractivity contribution in [1.29, 1.82) is 0 Å². The number of carbonyl (C=O) groups is 1. The molecule has 0 spiro atoms. The van der Waals surface area contributed by atoms with Gasteiger partial charge in [0.15, 0.2) is 0 Å². The van der Waals surface area contributed by atoms with Crippen LogP contribution in [0.3, 0.4) is 0 Å². The maximum Gasteiger partial charge on any atom is 0.267 e. The Morgan fingerprint density at radius 2 is 2.07 bits per heavy atom. The average molecular weight is 211 g/mol. The second kappa shape index (κ2) is 4.04. The summed E-state index contributed by atoms with van der Waals surface area (Å²) >= 11 is 1.20. The third-order valence-corrected chi connectivity index (χ3v) is 3.30. The number of hydrogen-bond acceptors (Lipinski definition) is 4.